The summed E-state index contributed by atoms with van der Waals surface area (Å²) in [5.41, 5.74) is 1.99. The van der Waals surface area contributed by atoms with E-state index < -0.39 is 5.97 Å². The van der Waals surface area contributed by atoms with Crippen molar-refractivity contribution in [1.29, 1.82) is 0 Å². The molecule has 0 aliphatic heterocycles. The van der Waals surface area contributed by atoms with Crippen LogP contribution in [0.15, 0.2) is 12.1 Å². The summed E-state index contributed by atoms with van der Waals surface area (Å²) in [7, 11) is 0. The molecule has 0 amide bonds. The van der Waals surface area contributed by atoms with E-state index >= 15 is 0 Å². The van der Waals surface area contributed by atoms with E-state index in [1.54, 1.807) is 12.1 Å². The minimum Gasteiger partial charge on any atom is -0.478 e. The van der Waals surface area contributed by atoms with Gasteiger partial charge in [0, 0.05) is 5.02 Å². The van der Waals surface area contributed by atoms with Crippen LogP contribution in [0.2, 0.25) is 5.02 Å². The lowest BCUT2D eigenvalue weighted by Gasteiger charge is -2.14. The Labute approximate surface area is 94.9 Å². The van der Waals surface area contributed by atoms with Gasteiger partial charge in [-0.1, -0.05) is 25.4 Å². The van der Waals surface area contributed by atoms with Crippen LogP contribution >= 0.6 is 11.6 Å². The van der Waals surface area contributed by atoms with Crippen molar-refractivity contribution in [2.45, 2.75) is 33.1 Å². The van der Waals surface area contributed by atoms with Crippen LogP contribution < -0.4 is 0 Å². The van der Waals surface area contributed by atoms with E-state index in [0.29, 0.717) is 10.6 Å². The first-order chi connectivity index (χ1) is 6.97. The van der Waals surface area contributed by atoms with E-state index in [4.69, 9.17) is 16.7 Å². The number of benzene rings is 1. The molecule has 1 aromatic carbocycles. The molecule has 1 unspecified atom stereocenters. The van der Waals surface area contributed by atoms with Crippen molar-refractivity contribution < 1.29 is 9.90 Å². The molecule has 0 saturated carbocycles. The van der Waals surface area contributed by atoms with Crippen LogP contribution in [0.25, 0.3) is 0 Å². The molecule has 0 aliphatic carbocycles. The summed E-state index contributed by atoms with van der Waals surface area (Å²) in [6.07, 6.45) is 0.902. The number of aryl methyl sites for hydroxylation is 1. The predicted molar refractivity (Wildman–Crippen MR) is 61.9 cm³/mol. The van der Waals surface area contributed by atoms with Gasteiger partial charge < -0.3 is 5.11 Å². The van der Waals surface area contributed by atoms with E-state index in [2.05, 4.69) is 0 Å². The zero-order valence-corrected chi connectivity index (χ0v) is 9.93. The maximum absolute atomic E-state index is 11.1. The van der Waals surface area contributed by atoms with Crippen LogP contribution in [-0.2, 0) is 0 Å². The Kier molecular flexibility index (Phi) is 3.75. The number of hydrogen-bond donors (Lipinski definition) is 1. The quantitative estimate of drug-likeness (QED) is 0.850. The molecule has 2 nitrogen and oxygen atoms in total. The van der Waals surface area contributed by atoms with Crippen molar-refractivity contribution in [1.82, 2.24) is 0 Å². The molecule has 0 heterocycles. The fourth-order valence-electron chi connectivity index (χ4n) is 1.51. The molecule has 0 saturated heterocycles. The number of halogens is 1. The highest BCUT2D eigenvalue weighted by Crippen LogP contribution is 2.28. The topological polar surface area (TPSA) is 37.3 Å². The molecule has 0 spiro atoms. The van der Waals surface area contributed by atoms with Gasteiger partial charge in [0.15, 0.2) is 0 Å². The highest BCUT2D eigenvalue weighted by atomic mass is 35.5. The molecule has 1 atom stereocenters. The Morgan fingerprint density at radius 3 is 2.60 bits per heavy atom. The number of rotatable bonds is 3. The lowest BCUT2D eigenvalue weighted by Crippen LogP contribution is -2.06. The smallest absolute Gasteiger partial charge is 0.335 e. The summed E-state index contributed by atoms with van der Waals surface area (Å²) < 4.78 is 0. The fraction of sp³-hybridized carbons (Fsp3) is 0.417. The zero-order valence-electron chi connectivity index (χ0n) is 9.17. The molecule has 0 aromatic heterocycles. The Hall–Kier alpha value is -1.02. The second kappa shape index (κ2) is 4.67. The predicted octanol–water partition coefficient (Wildman–Crippen LogP) is 3.86. The SMILES string of the molecule is CCC(C)c1cc(Cl)c(C)cc1C(=O)O. The first-order valence-electron chi connectivity index (χ1n) is 5.00. The molecular weight excluding hydrogens is 212 g/mol. The maximum atomic E-state index is 11.1. The monoisotopic (exact) mass is 226 g/mol. The molecule has 1 rings (SSSR count). The second-order valence-corrected chi connectivity index (χ2v) is 4.21. The summed E-state index contributed by atoms with van der Waals surface area (Å²) in [6.45, 7) is 5.85. The zero-order chi connectivity index (χ0) is 11.6. The third-order valence-corrected chi connectivity index (χ3v) is 3.11. The molecule has 0 bridgehead atoms. The molecule has 1 aromatic rings. The summed E-state index contributed by atoms with van der Waals surface area (Å²) in [4.78, 5) is 11.1. The summed E-state index contributed by atoms with van der Waals surface area (Å²) in [6, 6.07) is 3.42. The van der Waals surface area contributed by atoms with Crippen molar-refractivity contribution in [2.75, 3.05) is 0 Å². The largest absolute Gasteiger partial charge is 0.478 e. The maximum Gasteiger partial charge on any atom is 0.335 e. The Morgan fingerprint density at radius 1 is 1.53 bits per heavy atom. The van der Waals surface area contributed by atoms with Crippen LogP contribution in [0.5, 0.6) is 0 Å². The van der Waals surface area contributed by atoms with Gasteiger partial charge >= 0.3 is 5.97 Å². The van der Waals surface area contributed by atoms with Gasteiger partial charge in [0.05, 0.1) is 5.56 Å². The summed E-state index contributed by atoms with van der Waals surface area (Å²) in [5, 5.41) is 9.72. The molecular formula is C12H15ClO2. The minimum absolute atomic E-state index is 0.217. The first kappa shape index (κ1) is 12.1. The molecule has 0 radical (unpaired) electrons. The van der Waals surface area contributed by atoms with Crippen molar-refractivity contribution in [3.63, 3.8) is 0 Å². The number of aromatic carboxylic acids is 1. The average molecular weight is 227 g/mol. The lowest BCUT2D eigenvalue weighted by atomic mass is 9.92. The fourth-order valence-corrected chi connectivity index (χ4v) is 1.68. The van der Waals surface area contributed by atoms with E-state index in [1.807, 2.05) is 20.8 Å². The molecule has 0 fully saturated rings. The van der Waals surface area contributed by atoms with Gasteiger partial charge in [-0.3, -0.25) is 0 Å². The van der Waals surface area contributed by atoms with E-state index in [0.717, 1.165) is 17.5 Å². The van der Waals surface area contributed by atoms with Crippen molar-refractivity contribution in [3.05, 3.63) is 33.8 Å². The minimum atomic E-state index is -0.884. The van der Waals surface area contributed by atoms with E-state index in [9.17, 15) is 4.79 Å². The third kappa shape index (κ3) is 2.51. The van der Waals surface area contributed by atoms with Gasteiger partial charge in [-0.2, -0.15) is 0 Å². The Bertz CT molecular complexity index is 385. The van der Waals surface area contributed by atoms with Crippen molar-refractivity contribution >= 4 is 17.6 Å². The summed E-state index contributed by atoms with van der Waals surface area (Å²) in [5.74, 6) is -0.667. The lowest BCUT2D eigenvalue weighted by molar-refractivity contribution is 0.0695. The third-order valence-electron chi connectivity index (χ3n) is 2.70. The van der Waals surface area contributed by atoms with Gasteiger partial charge in [0.2, 0.25) is 0 Å². The van der Waals surface area contributed by atoms with Crippen molar-refractivity contribution in [2.24, 2.45) is 0 Å². The van der Waals surface area contributed by atoms with E-state index in [-0.39, 0.29) is 5.92 Å². The van der Waals surface area contributed by atoms with Crippen LogP contribution in [0, 0.1) is 6.92 Å². The number of carboxylic acid groups (broad SMARTS) is 1. The molecule has 3 heteroatoms. The summed E-state index contributed by atoms with van der Waals surface area (Å²) >= 11 is 6.00. The van der Waals surface area contributed by atoms with Gasteiger partial charge in [0.25, 0.3) is 0 Å². The van der Waals surface area contributed by atoms with Crippen molar-refractivity contribution in [3.8, 4) is 0 Å². The van der Waals surface area contributed by atoms with Gasteiger partial charge in [-0.15, -0.1) is 0 Å². The standard InChI is InChI=1S/C12H15ClO2/c1-4-7(2)9-6-11(13)8(3)5-10(9)12(14)15/h5-7H,4H2,1-3H3,(H,14,15). The highest BCUT2D eigenvalue weighted by molar-refractivity contribution is 6.31. The van der Waals surface area contributed by atoms with Crippen LogP contribution in [0.4, 0.5) is 0 Å². The molecule has 0 aliphatic rings. The number of carboxylic acids is 1. The average Bonchev–Trinajstić information content (AvgIpc) is 2.20. The van der Waals surface area contributed by atoms with E-state index in [1.165, 1.54) is 0 Å². The molecule has 82 valence electrons. The number of carbonyl (C=O) groups is 1. The van der Waals surface area contributed by atoms with Gasteiger partial charge in [-0.05, 0) is 42.5 Å². The number of hydrogen-bond acceptors (Lipinski definition) is 1. The highest BCUT2D eigenvalue weighted by Gasteiger charge is 2.16. The Morgan fingerprint density at radius 2 is 2.13 bits per heavy atom. The van der Waals surface area contributed by atoms with Crippen LogP contribution in [0.1, 0.15) is 47.7 Å². The Balaban J connectivity index is 3.34. The van der Waals surface area contributed by atoms with Gasteiger partial charge in [-0.25, -0.2) is 4.79 Å². The first-order valence-corrected chi connectivity index (χ1v) is 5.38. The second-order valence-electron chi connectivity index (χ2n) is 3.80. The van der Waals surface area contributed by atoms with Gasteiger partial charge in [0.1, 0.15) is 0 Å². The van der Waals surface area contributed by atoms with Crippen LogP contribution in [0.3, 0.4) is 0 Å². The molecule has 15 heavy (non-hydrogen) atoms. The molecule has 1 N–H and O–H groups in total. The van der Waals surface area contributed by atoms with Crippen LogP contribution in [-0.4, -0.2) is 11.1 Å². The normalized spacial score (nSPS) is 12.5.